The lowest BCUT2D eigenvalue weighted by atomic mass is 10.1. The highest BCUT2D eigenvalue weighted by Crippen LogP contribution is 2.19. The van der Waals surface area contributed by atoms with Crippen LogP contribution in [0.2, 0.25) is 0 Å². The van der Waals surface area contributed by atoms with Crippen molar-refractivity contribution in [1.29, 1.82) is 0 Å². The molecular weight excluding hydrogens is 220 g/mol. The molecule has 0 radical (unpaired) electrons. The predicted molar refractivity (Wildman–Crippen MR) is 49.1 cm³/mol. The van der Waals surface area contributed by atoms with Crippen molar-refractivity contribution in [1.82, 2.24) is 0 Å². The van der Waals surface area contributed by atoms with Crippen molar-refractivity contribution >= 4 is 11.9 Å². The van der Waals surface area contributed by atoms with Crippen LogP contribution in [0, 0.1) is 0 Å². The van der Waals surface area contributed by atoms with Gasteiger partial charge in [0.25, 0.3) is 0 Å². The van der Waals surface area contributed by atoms with Gasteiger partial charge in [0, 0.05) is 13.8 Å². The zero-order chi connectivity index (χ0) is 12.3. The Bertz CT molecular complexity index is 277. The van der Waals surface area contributed by atoms with Crippen LogP contribution in [0.4, 0.5) is 0 Å². The Labute approximate surface area is 91.9 Å². The monoisotopic (exact) mass is 234 g/mol. The highest BCUT2D eigenvalue weighted by Gasteiger charge is 2.42. The SMILES string of the molecule is CC(=O)O[C@H]1[C@@H](O)[C@H](O)OC[C@H]1OC(C)=O. The van der Waals surface area contributed by atoms with Gasteiger partial charge in [-0.25, -0.2) is 0 Å². The second-order valence-electron chi connectivity index (χ2n) is 3.44. The minimum Gasteiger partial charge on any atom is -0.456 e. The van der Waals surface area contributed by atoms with Gasteiger partial charge in [-0.05, 0) is 0 Å². The van der Waals surface area contributed by atoms with Crippen molar-refractivity contribution in [3.05, 3.63) is 0 Å². The third-order valence-electron chi connectivity index (χ3n) is 2.05. The van der Waals surface area contributed by atoms with Crippen LogP contribution in [0.25, 0.3) is 0 Å². The van der Waals surface area contributed by atoms with Gasteiger partial charge in [0.05, 0.1) is 6.61 Å². The number of aliphatic hydroxyl groups excluding tert-OH is 2. The van der Waals surface area contributed by atoms with Gasteiger partial charge in [-0.1, -0.05) is 0 Å². The van der Waals surface area contributed by atoms with Gasteiger partial charge in [0.1, 0.15) is 6.10 Å². The first-order valence-corrected chi connectivity index (χ1v) is 4.74. The zero-order valence-electron chi connectivity index (χ0n) is 8.95. The molecule has 0 aromatic heterocycles. The summed E-state index contributed by atoms with van der Waals surface area (Å²) in [5, 5.41) is 18.7. The Morgan fingerprint density at radius 2 is 1.75 bits per heavy atom. The van der Waals surface area contributed by atoms with Crippen molar-refractivity contribution in [2.24, 2.45) is 0 Å². The van der Waals surface area contributed by atoms with Crippen LogP contribution in [0.3, 0.4) is 0 Å². The summed E-state index contributed by atoms with van der Waals surface area (Å²) in [6.07, 6.45) is -4.94. The molecule has 1 aliphatic heterocycles. The quantitative estimate of drug-likeness (QED) is 0.564. The average Bonchev–Trinajstić information content (AvgIpc) is 2.16. The maximum absolute atomic E-state index is 10.8. The van der Waals surface area contributed by atoms with Crippen LogP contribution in [0.15, 0.2) is 0 Å². The summed E-state index contributed by atoms with van der Waals surface area (Å²) in [5.74, 6) is -1.23. The maximum atomic E-state index is 10.8. The zero-order valence-corrected chi connectivity index (χ0v) is 8.95. The average molecular weight is 234 g/mol. The van der Waals surface area contributed by atoms with E-state index in [0.717, 1.165) is 6.92 Å². The summed E-state index contributed by atoms with van der Waals surface area (Å²) in [6, 6.07) is 0. The van der Waals surface area contributed by atoms with Crippen LogP contribution in [0.5, 0.6) is 0 Å². The van der Waals surface area contributed by atoms with Crippen LogP contribution in [-0.2, 0) is 23.8 Å². The topological polar surface area (TPSA) is 102 Å². The fourth-order valence-electron chi connectivity index (χ4n) is 1.42. The van der Waals surface area contributed by atoms with E-state index >= 15 is 0 Å². The molecule has 0 aromatic rings. The van der Waals surface area contributed by atoms with E-state index < -0.39 is 36.5 Å². The van der Waals surface area contributed by atoms with Gasteiger partial charge in [-0.3, -0.25) is 9.59 Å². The van der Waals surface area contributed by atoms with E-state index in [-0.39, 0.29) is 6.61 Å². The summed E-state index contributed by atoms with van der Waals surface area (Å²) in [4.78, 5) is 21.6. The smallest absolute Gasteiger partial charge is 0.303 e. The van der Waals surface area contributed by atoms with E-state index in [2.05, 4.69) is 0 Å². The first-order chi connectivity index (χ1) is 7.41. The normalized spacial score (nSPS) is 34.2. The van der Waals surface area contributed by atoms with Crippen molar-refractivity contribution in [2.45, 2.75) is 38.4 Å². The van der Waals surface area contributed by atoms with E-state index in [0.29, 0.717) is 0 Å². The van der Waals surface area contributed by atoms with E-state index in [4.69, 9.17) is 14.2 Å². The van der Waals surface area contributed by atoms with E-state index in [1.54, 1.807) is 0 Å². The molecule has 16 heavy (non-hydrogen) atoms. The van der Waals surface area contributed by atoms with Crippen LogP contribution in [-0.4, -0.2) is 53.4 Å². The first kappa shape index (κ1) is 12.9. The molecule has 2 N–H and O–H groups in total. The second kappa shape index (κ2) is 5.24. The Morgan fingerprint density at radius 3 is 2.25 bits per heavy atom. The third kappa shape index (κ3) is 3.16. The molecule has 0 amide bonds. The van der Waals surface area contributed by atoms with Crippen LogP contribution >= 0.6 is 0 Å². The Morgan fingerprint density at radius 1 is 1.19 bits per heavy atom. The third-order valence-corrected chi connectivity index (χ3v) is 2.05. The van der Waals surface area contributed by atoms with E-state index in [9.17, 15) is 19.8 Å². The predicted octanol–water partition coefficient (Wildman–Crippen LogP) is -1.44. The number of ether oxygens (including phenoxy) is 3. The van der Waals surface area contributed by atoms with Gasteiger partial charge in [-0.2, -0.15) is 0 Å². The molecule has 1 rings (SSSR count). The lowest BCUT2D eigenvalue weighted by molar-refractivity contribution is -0.261. The Balaban J connectivity index is 2.72. The van der Waals surface area contributed by atoms with Crippen LogP contribution in [0.1, 0.15) is 13.8 Å². The molecule has 4 atom stereocenters. The summed E-state index contributed by atoms with van der Waals surface area (Å²) in [5.41, 5.74) is 0. The van der Waals surface area contributed by atoms with Crippen molar-refractivity contribution in [3.63, 3.8) is 0 Å². The van der Waals surface area contributed by atoms with E-state index in [1.165, 1.54) is 6.92 Å². The molecule has 1 heterocycles. The second-order valence-corrected chi connectivity index (χ2v) is 3.44. The largest absolute Gasteiger partial charge is 0.456 e. The molecular formula is C9H14O7. The number of hydrogen-bond donors (Lipinski definition) is 2. The minimum absolute atomic E-state index is 0.143. The Kier molecular flexibility index (Phi) is 4.22. The molecule has 1 saturated heterocycles. The fraction of sp³-hybridized carbons (Fsp3) is 0.778. The number of aliphatic hydroxyl groups is 2. The molecule has 1 aliphatic rings. The molecule has 0 aromatic carbocycles. The highest BCUT2D eigenvalue weighted by atomic mass is 16.7. The van der Waals surface area contributed by atoms with Gasteiger partial charge in [0.15, 0.2) is 18.5 Å². The van der Waals surface area contributed by atoms with Gasteiger partial charge in [-0.15, -0.1) is 0 Å². The molecule has 0 bridgehead atoms. The lowest BCUT2D eigenvalue weighted by Gasteiger charge is -2.36. The first-order valence-electron chi connectivity index (χ1n) is 4.74. The van der Waals surface area contributed by atoms with Gasteiger partial charge in [0.2, 0.25) is 0 Å². The molecule has 0 spiro atoms. The number of carbonyl (C=O) groups is 2. The molecule has 1 fully saturated rings. The summed E-state index contributed by atoms with van der Waals surface area (Å²) >= 11 is 0. The molecule has 0 saturated carbocycles. The van der Waals surface area contributed by atoms with Crippen molar-refractivity contribution in [2.75, 3.05) is 6.61 Å². The van der Waals surface area contributed by atoms with Crippen molar-refractivity contribution in [3.8, 4) is 0 Å². The maximum Gasteiger partial charge on any atom is 0.303 e. The summed E-state index contributed by atoms with van der Waals surface area (Å²) in [7, 11) is 0. The molecule has 7 nitrogen and oxygen atoms in total. The fourth-order valence-corrected chi connectivity index (χ4v) is 1.42. The summed E-state index contributed by atoms with van der Waals surface area (Å²) in [6.45, 7) is 2.19. The van der Waals surface area contributed by atoms with Crippen molar-refractivity contribution < 1.29 is 34.0 Å². The lowest BCUT2D eigenvalue weighted by Crippen LogP contribution is -2.55. The number of carbonyl (C=O) groups excluding carboxylic acids is 2. The molecule has 0 aliphatic carbocycles. The standard InChI is InChI=1S/C9H14O7/c1-4(10)15-6-3-14-9(13)7(12)8(6)16-5(2)11/h6-9,12-13H,3H2,1-2H3/t6-,7-,8-,9-/m1/s1. The summed E-state index contributed by atoms with van der Waals surface area (Å²) < 4.78 is 14.3. The van der Waals surface area contributed by atoms with Gasteiger partial charge >= 0.3 is 11.9 Å². The number of esters is 2. The molecule has 92 valence electrons. The Hall–Kier alpha value is -1.18. The minimum atomic E-state index is -1.46. The number of hydrogen-bond acceptors (Lipinski definition) is 7. The molecule has 0 unspecified atom stereocenters. The van der Waals surface area contributed by atoms with Gasteiger partial charge < -0.3 is 24.4 Å². The molecule has 7 heteroatoms. The van der Waals surface area contributed by atoms with E-state index in [1.807, 2.05) is 0 Å². The highest BCUT2D eigenvalue weighted by molar-refractivity contribution is 5.67. The van der Waals surface area contributed by atoms with Crippen LogP contribution < -0.4 is 0 Å². The number of rotatable bonds is 2.